The van der Waals surface area contributed by atoms with Crippen LogP contribution < -0.4 is 4.74 Å². The first-order valence-corrected chi connectivity index (χ1v) is 5.53. The van der Waals surface area contributed by atoms with E-state index in [1.807, 2.05) is 24.3 Å². The van der Waals surface area contributed by atoms with Gasteiger partial charge in [0.25, 0.3) is 0 Å². The molecule has 0 radical (unpaired) electrons. The first-order chi connectivity index (χ1) is 8.24. The Hall–Kier alpha value is -1.84. The van der Waals surface area contributed by atoms with Crippen LogP contribution in [-0.2, 0) is 9.53 Å². The van der Waals surface area contributed by atoms with Crippen LogP contribution in [-0.4, -0.2) is 31.9 Å². The number of carbonyl (C=O) groups is 1. The van der Waals surface area contributed by atoms with E-state index < -0.39 is 0 Å². The van der Waals surface area contributed by atoms with Crippen molar-refractivity contribution in [3.8, 4) is 5.75 Å². The lowest BCUT2D eigenvalue weighted by atomic mass is 10.1. The van der Waals surface area contributed by atoms with Crippen LogP contribution in [0.2, 0.25) is 0 Å². The van der Waals surface area contributed by atoms with Gasteiger partial charge < -0.3 is 9.47 Å². The molecule has 17 heavy (non-hydrogen) atoms. The van der Waals surface area contributed by atoms with Gasteiger partial charge in [-0.25, -0.2) is 4.79 Å². The van der Waals surface area contributed by atoms with Crippen LogP contribution in [0.25, 0.3) is 0 Å². The van der Waals surface area contributed by atoms with E-state index in [4.69, 9.17) is 4.74 Å². The first kappa shape index (κ1) is 11.6. The predicted octanol–water partition coefficient (Wildman–Crippen LogP) is 1.82. The highest BCUT2D eigenvalue weighted by Gasteiger charge is 2.25. The molecule has 0 spiro atoms. The highest BCUT2D eigenvalue weighted by atomic mass is 16.5. The van der Waals surface area contributed by atoms with Gasteiger partial charge in [0.1, 0.15) is 11.8 Å². The van der Waals surface area contributed by atoms with E-state index in [-0.39, 0.29) is 12.0 Å². The Labute approximate surface area is 100 Å². The maximum absolute atomic E-state index is 11.3. The number of methoxy groups -OCH3 is 2. The summed E-state index contributed by atoms with van der Waals surface area (Å²) >= 11 is 0. The van der Waals surface area contributed by atoms with Gasteiger partial charge in [-0.1, -0.05) is 0 Å². The van der Waals surface area contributed by atoms with Crippen molar-refractivity contribution in [3.63, 3.8) is 0 Å². The summed E-state index contributed by atoms with van der Waals surface area (Å²) in [5.74, 6) is 0.561. The van der Waals surface area contributed by atoms with Gasteiger partial charge in [-0.2, -0.15) is 0 Å². The van der Waals surface area contributed by atoms with Crippen LogP contribution in [0.1, 0.15) is 18.4 Å². The molecule has 1 aromatic carbocycles. The topological polar surface area (TPSA) is 47.9 Å². The molecule has 4 heteroatoms. The normalized spacial score (nSPS) is 18.7. The van der Waals surface area contributed by atoms with Crippen molar-refractivity contribution in [1.29, 1.82) is 0 Å². The monoisotopic (exact) mass is 233 g/mol. The number of carbonyl (C=O) groups excluding carboxylic acids is 1. The molecule has 0 bridgehead atoms. The number of esters is 1. The number of nitrogens with zero attached hydrogens (tertiary/aromatic N) is 1. The highest BCUT2D eigenvalue weighted by molar-refractivity contribution is 6.03. The van der Waals surface area contributed by atoms with Crippen LogP contribution >= 0.6 is 0 Å². The second kappa shape index (κ2) is 4.99. The zero-order valence-electron chi connectivity index (χ0n) is 9.97. The molecule has 4 nitrogen and oxygen atoms in total. The summed E-state index contributed by atoms with van der Waals surface area (Å²) in [5.41, 5.74) is 2.00. The Bertz CT molecular complexity index is 436. The van der Waals surface area contributed by atoms with E-state index in [0.717, 1.165) is 29.9 Å². The number of aliphatic imine (C=N–C) groups is 1. The van der Waals surface area contributed by atoms with Crippen LogP contribution in [0.5, 0.6) is 5.75 Å². The number of ether oxygens (including phenoxy) is 2. The van der Waals surface area contributed by atoms with Gasteiger partial charge in [0.05, 0.1) is 14.2 Å². The third-order valence-corrected chi connectivity index (χ3v) is 2.86. The standard InChI is InChI=1S/C13H15NO3/c1-16-10-5-3-9(4-6-10)11-7-8-12(14-11)13(15)17-2/h3-6,12H,7-8H2,1-2H3/t12-/m0/s1. The van der Waals surface area contributed by atoms with Gasteiger partial charge in [-0.3, -0.25) is 4.99 Å². The quantitative estimate of drug-likeness (QED) is 0.748. The molecule has 0 aliphatic carbocycles. The highest BCUT2D eigenvalue weighted by Crippen LogP contribution is 2.21. The van der Waals surface area contributed by atoms with E-state index in [0.29, 0.717) is 0 Å². The van der Waals surface area contributed by atoms with E-state index >= 15 is 0 Å². The first-order valence-electron chi connectivity index (χ1n) is 5.53. The fourth-order valence-corrected chi connectivity index (χ4v) is 1.90. The Kier molecular flexibility index (Phi) is 3.42. The Morgan fingerprint density at radius 2 is 2.00 bits per heavy atom. The third kappa shape index (κ3) is 2.46. The average Bonchev–Trinajstić information content (AvgIpc) is 2.87. The molecule has 1 aliphatic heterocycles. The van der Waals surface area contributed by atoms with Crippen molar-refractivity contribution in [2.75, 3.05) is 14.2 Å². The van der Waals surface area contributed by atoms with Gasteiger partial charge in [-0.05, 0) is 42.7 Å². The van der Waals surface area contributed by atoms with Crippen molar-refractivity contribution in [2.24, 2.45) is 4.99 Å². The lowest BCUT2D eigenvalue weighted by Gasteiger charge is -2.03. The minimum atomic E-state index is -0.336. The summed E-state index contributed by atoms with van der Waals surface area (Å²) in [6.07, 6.45) is 1.54. The lowest BCUT2D eigenvalue weighted by Crippen LogP contribution is -2.16. The minimum Gasteiger partial charge on any atom is -0.497 e. The molecular weight excluding hydrogens is 218 g/mol. The zero-order valence-corrected chi connectivity index (χ0v) is 9.97. The molecule has 1 atom stereocenters. The van der Waals surface area contributed by atoms with Gasteiger partial charge >= 0.3 is 5.97 Å². The zero-order chi connectivity index (χ0) is 12.3. The van der Waals surface area contributed by atoms with Crippen LogP contribution in [0.15, 0.2) is 29.3 Å². The van der Waals surface area contributed by atoms with E-state index in [1.165, 1.54) is 7.11 Å². The fraction of sp³-hybridized carbons (Fsp3) is 0.385. The van der Waals surface area contributed by atoms with Crippen LogP contribution in [0.3, 0.4) is 0 Å². The molecule has 1 heterocycles. The Morgan fingerprint density at radius 3 is 2.59 bits per heavy atom. The molecule has 0 amide bonds. The molecule has 1 aromatic rings. The molecule has 90 valence electrons. The minimum absolute atomic E-state index is 0.256. The second-order valence-corrected chi connectivity index (χ2v) is 3.88. The predicted molar refractivity (Wildman–Crippen MR) is 64.6 cm³/mol. The maximum Gasteiger partial charge on any atom is 0.330 e. The molecule has 2 rings (SSSR count). The smallest absolute Gasteiger partial charge is 0.330 e. The van der Waals surface area contributed by atoms with Gasteiger partial charge in [-0.15, -0.1) is 0 Å². The molecule has 0 saturated carbocycles. The molecular formula is C13H15NO3. The van der Waals surface area contributed by atoms with Crippen molar-refractivity contribution in [3.05, 3.63) is 29.8 Å². The SMILES string of the molecule is COC(=O)[C@@H]1CCC(c2ccc(OC)cc2)=N1. The number of rotatable bonds is 3. The van der Waals surface area contributed by atoms with E-state index in [1.54, 1.807) is 7.11 Å². The average molecular weight is 233 g/mol. The van der Waals surface area contributed by atoms with Crippen molar-refractivity contribution < 1.29 is 14.3 Å². The Balaban J connectivity index is 2.15. The van der Waals surface area contributed by atoms with Crippen LogP contribution in [0, 0.1) is 0 Å². The van der Waals surface area contributed by atoms with Gasteiger partial charge in [0.15, 0.2) is 0 Å². The molecule has 0 N–H and O–H groups in total. The number of hydrogen-bond donors (Lipinski definition) is 0. The number of benzene rings is 1. The molecule has 0 fully saturated rings. The molecule has 0 aromatic heterocycles. The van der Waals surface area contributed by atoms with Gasteiger partial charge in [0.2, 0.25) is 0 Å². The molecule has 0 saturated heterocycles. The number of hydrogen-bond acceptors (Lipinski definition) is 4. The summed E-state index contributed by atoms with van der Waals surface area (Å²) < 4.78 is 9.78. The summed E-state index contributed by atoms with van der Waals surface area (Å²) in [5, 5.41) is 0. The summed E-state index contributed by atoms with van der Waals surface area (Å²) in [7, 11) is 3.03. The van der Waals surface area contributed by atoms with E-state index in [2.05, 4.69) is 9.73 Å². The van der Waals surface area contributed by atoms with Gasteiger partial charge in [0, 0.05) is 5.71 Å². The Morgan fingerprint density at radius 1 is 1.29 bits per heavy atom. The second-order valence-electron chi connectivity index (χ2n) is 3.88. The fourth-order valence-electron chi connectivity index (χ4n) is 1.90. The largest absolute Gasteiger partial charge is 0.497 e. The van der Waals surface area contributed by atoms with Crippen molar-refractivity contribution in [2.45, 2.75) is 18.9 Å². The van der Waals surface area contributed by atoms with Crippen molar-refractivity contribution >= 4 is 11.7 Å². The van der Waals surface area contributed by atoms with E-state index in [9.17, 15) is 4.79 Å². The summed E-state index contributed by atoms with van der Waals surface area (Å²) in [6.45, 7) is 0. The van der Waals surface area contributed by atoms with Crippen molar-refractivity contribution in [1.82, 2.24) is 0 Å². The maximum atomic E-state index is 11.3. The lowest BCUT2D eigenvalue weighted by molar-refractivity contribution is -0.141. The molecule has 1 aliphatic rings. The van der Waals surface area contributed by atoms with Crippen LogP contribution in [0.4, 0.5) is 0 Å². The molecule has 0 unspecified atom stereocenters. The summed E-state index contributed by atoms with van der Waals surface area (Å²) in [6, 6.07) is 7.36. The summed E-state index contributed by atoms with van der Waals surface area (Å²) in [4.78, 5) is 15.7. The third-order valence-electron chi connectivity index (χ3n) is 2.86.